The predicted octanol–water partition coefficient (Wildman–Crippen LogP) is 13.3. The first kappa shape index (κ1) is 48.8. The van der Waals surface area contributed by atoms with E-state index in [2.05, 4.69) is 77.9 Å². The predicted molar refractivity (Wildman–Crippen MR) is 227 cm³/mol. The first-order chi connectivity index (χ1) is 26.7. The van der Waals surface area contributed by atoms with Gasteiger partial charge in [0, 0.05) is 49.4 Å². The zero-order valence-corrected chi connectivity index (χ0v) is 36.0. The summed E-state index contributed by atoms with van der Waals surface area (Å²) in [6, 6.07) is 50.3. The second kappa shape index (κ2) is 25.8. The molecule has 7 heteroatoms. The minimum absolute atomic E-state index is 0. The Balaban J connectivity index is 0.000000310. The van der Waals surface area contributed by atoms with Crippen molar-refractivity contribution in [2.45, 2.75) is 67.2 Å². The van der Waals surface area contributed by atoms with Crippen molar-refractivity contribution in [2.75, 3.05) is 36.0 Å². The minimum atomic E-state index is -0.661. The maximum atomic E-state index is 14.1. The van der Waals surface area contributed by atoms with Gasteiger partial charge in [0.1, 0.15) is 0 Å². The Morgan fingerprint density at radius 1 is 0.474 bits per heavy atom. The summed E-state index contributed by atoms with van der Waals surface area (Å²) in [5, 5.41) is 0. The molecule has 0 aliphatic rings. The van der Waals surface area contributed by atoms with Crippen molar-refractivity contribution in [3.8, 4) is 0 Å². The van der Waals surface area contributed by atoms with Gasteiger partial charge in [-0.3, -0.25) is 0 Å². The minimum Gasteiger partial charge on any atom is -0.421 e. The van der Waals surface area contributed by atoms with Crippen molar-refractivity contribution in [2.24, 2.45) is 10.8 Å². The van der Waals surface area contributed by atoms with Gasteiger partial charge in [-0.15, -0.1) is 36.4 Å². The van der Waals surface area contributed by atoms with Gasteiger partial charge in [-0.25, -0.2) is 41.8 Å². The Morgan fingerprint density at radius 2 is 0.807 bits per heavy atom. The molecule has 0 unspecified atom stereocenters. The molecule has 0 saturated heterocycles. The summed E-state index contributed by atoms with van der Waals surface area (Å²) in [6.07, 6.45) is 3.70. The van der Waals surface area contributed by atoms with Crippen molar-refractivity contribution in [3.05, 3.63) is 192 Å². The topological polar surface area (TPSA) is 6.48 Å². The maximum Gasteiger partial charge on any atom is 4.00 e. The molecule has 0 aromatic heterocycles. The van der Waals surface area contributed by atoms with E-state index >= 15 is 0 Å². The van der Waals surface area contributed by atoms with Crippen LogP contribution in [-0.2, 0) is 34.6 Å². The molecule has 0 saturated carbocycles. The molecule has 0 amide bonds. The van der Waals surface area contributed by atoms with Crippen LogP contribution in [-0.4, -0.2) is 26.2 Å². The SMILES string of the molecule is CC(C)(C)CN(CCCc1ccccc1)c1ccc(F)[c-]c1F.CC(C)(C)CN(CCCc1ccccc1)c1ccc(F)[c-]c1F.[Ti+4].c1cc[cH-]c1.c1cc[cH-]c1. The Morgan fingerprint density at radius 3 is 1.07 bits per heavy atom. The largest absolute Gasteiger partial charge is 4.00 e. The second-order valence-electron chi connectivity index (χ2n) is 16.1. The molecule has 0 heterocycles. The van der Waals surface area contributed by atoms with Gasteiger partial charge in [-0.1, -0.05) is 102 Å². The van der Waals surface area contributed by atoms with Crippen molar-refractivity contribution < 1.29 is 39.3 Å². The number of halogens is 4. The van der Waals surface area contributed by atoms with Crippen molar-refractivity contribution in [3.63, 3.8) is 0 Å². The van der Waals surface area contributed by atoms with Gasteiger partial charge in [0.05, 0.1) is 0 Å². The molecule has 57 heavy (non-hydrogen) atoms. The average molecular weight is 811 g/mol. The van der Waals surface area contributed by atoms with Crippen LogP contribution in [0.5, 0.6) is 0 Å². The van der Waals surface area contributed by atoms with Gasteiger partial charge in [-0.2, -0.15) is 36.4 Å². The summed E-state index contributed by atoms with van der Waals surface area (Å²) >= 11 is 0. The van der Waals surface area contributed by atoms with Crippen molar-refractivity contribution in [1.29, 1.82) is 0 Å². The van der Waals surface area contributed by atoms with Crippen molar-refractivity contribution >= 4 is 11.4 Å². The van der Waals surface area contributed by atoms with E-state index in [9.17, 15) is 17.6 Å². The number of hydrogen-bond donors (Lipinski definition) is 0. The molecular formula is C50H58F4N2Ti. The third-order valence-corrected chi connectivity index (χ3v) is 8.28. The smallest absolute Gasteiger partial charge is 0.421 e. The van der Waals surface area contributed by atoms with E-state index in [1.165, 1.54) is 35.4 Å². The van der Waals surface area contributed by atoms with E-state index in [1.54, 1.807) is 0 Å². The molecule has 0 N–H and O–H groups in total. The molecule has 6 rings (SSSR count). The van der Waals surface area contributed by atoms with Gasteiger partial charge in [0.2, 0.25) is 0 Å². The molecule has 0 bridgehead atoms. The van der Waals surface area contributed by atoms with E-state index in [0.29, 0.717) is 24.5 Å². The molecule has 0 aliphatic heterocycles. The van der Waals surface area contributed by atoms with Crippen LogP contribution in [0, 0.1) is 46.2 Å². The van der Waals surface area contributed by atoms with Crippen LogP contribution in [0.25, 0.3) is 0 Å². The molecule has 0 radical (unpaired) electrons. The monoisotopic (exact) mass is 810 g/mol. The average Bonchev–Trinajstić information content (AvgIpc) is 3.92. The van der Waals surface area contributed by atoms with E-state index in [1.807, 2.05) is 107 Å². The van der Waals surface area contributed by atoms with Crippen LogP contribution >= 0.6 is 0 Å². The zero-order chi connectivity index (χ0) is 40.8. The summed E-state index contributed by atoms with van der Waals surface area (Å²) in [5.41, 5.74) is 3.44. The molecule has 6 aromatic rings. The summed E-state index contributed by atoms with van der Waals surface area (Å²) in [7, 11) is 0. The van der Waals surface area contributed by atoms with Crippen LogP contribution in [0.3, 0.4) is 0 Å². The van der Waals surface area contributed by atoms with E-state index in [4.69, 9.17) is 0 Å². The quantitative estimate of drug-likeness (QED) is 0.0690. The molecule has 6 aromatic carbocycles. The third kappa shape index (κ3) is 21.1. The van der Waals surface area contributed by atoms with Gasteiger partial charge in [0.25, 0.3) is 0 Å². The fourth-order valence-electron chi connectivity index (χ4n) is 5.95. The van der Waals surface area contributed by atoms with Crippen molar-refractivity contribution in [1.82, 2.24) is 0 Å². The van der Waals surface area contributed by atoms with Gasteiger partial charge in [-0.05, 0) is 59.0 Å². The molecule has 300 valence electrons. The van der Waals surface area contributed by atoms with Gasteiger partial charge >= 0.3 is 21.7 Å². The molecule has 0 spiro atoms. The summed E-state index contributed by atoms with van der Waals surface area (Å²) in [5.74, 6) is -2.56. The Kier molecular flexibility index (Phi) is 22.1. The number of benzene rings is 4. The summed E-state index contributed by atoms with van der Waals surface area (Å²) in [6.45, 7) is 15.5. The van der Waals surface area contributed by atoms with Crippen LogP contribution in [0.2, 0.25) is 0 Å². The van der Waals surface area contributed by atoms with Gasteiger partial charge in [0.15, 0.2) is 0 Å². The third-order valence-electron chi connectivity index (χ3n) is 8.28. The van der Waals surface area contributed by atoms with Crippen LogP contribution in [0.1, 0.15) is 65.5 Å². The number of aryl methyl sites for hydroxylation is 2. The Hall–Kier alpha value is -4.39. The standard InChI is InChI=1S/2C20H24F2N.2C5H5.Ti/c2*1-20(2,3)15-23(19-12-11-17(21)14-18(19)22)13-7-10-16-8-5-4-6-9-16;2*1-2-4-5-3-1;/h2*4-6,8-9,11-12H,7,10,13,15H2,1-3H3;2*1-5H;/q4*-1;+4. The molecular weight excluding hydrogens is 752 g/mol. The zero-order valence-electron chi connectivity index (χ0n) is 34.4. The first-order valence-corrected chi connectivity index (χ1v) is 19.4. The van der Waals surface area contributed by atoms with E-state index in [-0.39, 0.29) is 32.5 Å². The van der Waals surface area contributed by atoms with Crippen LogP contribution < -0.4 is 9.80 Å². The number of rotatable bonds is 12. The number of anilines is 2. The molecule has 2 nitrogen and oxygen atoms in total. The summed E-state index contributed by atoms with van der Waals surface area (Å²) < 4.78 is 54.4. The van der Waals surface area contributed by atoms with Crippen LogP contribution in [0.15, 0.2) is 146 Å². The summed E-state index contributed by atoms with van der Waals surface area (Å²) in [4.78, 5) is 3.99. The fraction of sp³-hybridized carbons (Fsp3) is 0.320. The first-order valence-electron chi connectivity index (χ1n) is 19.4. The maximum absolute atomic E-state index is 14.1. The molecule has 0 fully saturated rings. The molecule has 0 atom stereocenters. The Bertz CT molecular complexity index is 1690. The fourth-order valence-corrected chi connectivity index (χ4v) is 5.95. The number of hydrogen-bond acceptors (Lipinski definition) is 2. The van der Waals surface area contributed by atoms with E-state index < -0.39 is 23.3 Å². The van der Waals surface area contributed by atoms with E-state index in [0.717, 1.165) is 38.8 Å². The molecule has 0 aliphatic carbocycles. The normalized spacial score (nSPS) is 10.7. The second-order valence-corrected chi connectivity index (χ2v) is 16.1. The number of nitrogens with zero attached hydrogens (tertiary/aromatic N) is 2. The van der Waals surface area contributed by atoms with Gasteiger partial charge < -0.3 is 9.80 Å². The van der Waals surface area contributed by atoms with Crippen LogP contribution in [0.4, 0.5) is 28.9 Å². The Labute approximate surface area is 355 Å².